The number of hydrogen-bond acceptors (Lipinski definition) is 4. The normalized spacial score (nSPS) is 11.0. The summed E-state index contributed by atoms with van der Waals surface area (Å²) in [4.78, 5) is 30.9. The van der Waals surface area contributed by atoms with Crippen molar-refractivity contribution in [1.29, 1.82) is 0 Å². The van der Waals surface area contributed by atoms with E-state index < -0.39 is 0 Å². The van der Waals surface area contributed by atoms with Gasteiger partial charge in [0.05, 0.1) is 17.2 Å². The number of benzene rings is 2. The van der Waals surface area contributed by atoms with Gasteiger partial charge in [-0.2, -0.15) is 0 Å². The van der Waals surface area contributed by atoms with E-state index >= 15 is 0 Å². The fourth-order valence-electron chi connectivity index (χ4n) is 2.79. The van der Waals surface area contributed by atoms with E-state index in [0.29, 0.717) is 17.4 Å². The zero-order valence-electron chi connectivity index (χ0n) is 14.8. The summed E-state index contributed by atoms with van der Waals surface area (Å²) >= 11 is 0. The molecule has 0 aliphatic carbocycles. The van der Waals surface area contributed by atoms with Crippen LogP contribution in [0, 0.1) is 0 Å². The Balaban J connectivity index is 1.50. The lowest BCUT2D eigenvalue weighted by Gasteiger charge is -2.17. The first kappa shape index (κ1) is 17.8. The van der Waals surface area contributed by atoms with Crippen LogP contribution in [-0.2, 0) is 17.9 Å². The molecule has 26 heavy (non-hydrogen) atoms. The standard InChI is InChI=1S/C20H22N4O2/c1-23(13-16-7-3-2-4-8-16)12-11-21-19(25)14-24-15-22-18-10-6-5-9-17(18)20(24)26/h2-10,15H,11-14H2,1H3,(H,21,25). The quantitative estimate of drug-likeness (QED) is 0.703. The lowest BCUT2D eigenvalue weighted by atomic mass is 10.2. The van der Waals surface area contributed by atoms with Crippen molar-refractivity contribution in [3.8, 4) is 0 Å². The van der Waals surface area contributed by atoms with E-state index in [0.717, 1.165) is 13.1 Å². The Kier molecular flexibility index (Phi) is 5.76. The maximum absolute atomic E-state index is 12.4. The van der Waals surface area contributed by atoms with Crippen LogP contribution in [0.5, 0.6) is 0 Å². The van der Waals surface area contributed by atoms with Gasteiger partial charge < -0.3 is 10.2 Å². The van der Waals surface area contributed by atoms with E-state index in [1.54, 1.807) is 18.2 Å². The predicted molar refractivity (Wildman–Crippen MR) is 102 cm³/mol. The van der Waals surface area contributed by atoms with Crippen molar-refractivity contribution in [2.24, 2.45) is 0 Å². The molecule has 1 amide bonds. The van der Waals surface area contributed by atoms with Gasteiger partial charge in [-0.1, -0.05) is 42.5 Å². The summed E-state index contributed by atoms with van der Waals surface area (Å²) in [6.07, 6.45) is 1.42. The number of amides is 1. The topological polar surface area (TPSA) is 67.2 Å². The summed E-state index contributed by atoms with van der Waals surface area (Å²) in [6.45, 7) is 2.05. The minimum Gasteiger partial charge on any atom is -0.353 e. The van der Waals surface area contributed by atoms with Crippen molar-refractivity contribution in [2.45, 2.75) is 13.1 Å². The second-order valence-electron chi connectivity index (χ2n) is 6.27. The molecule has 2 aromatic carbocycles. The molecule has 0 fully saturated rings. The Morgan fingerprint density at radius 2 is 1.85 bits per heavy atom. The summed E-state index contributed by atoms with van der Waals surface area (Å²) in [6, 6.07) is 17.3. The van der Waals surface area contributed by atoms with Crippen LogP contribution in [0.4, 0.5) is 0 Å². The van der Waals surface area contributed by atoms with Crippen molar-refractivity contribution in [3.05, 3.63) is 76.8 Å². The highest BCUT2D eigenvalue weighted by molar-refractivity contribution is 5.78. The van der Waals surface area contributed by atoms with E-state index in [4.69, 9.17) is 0 Å². The third-order valence-electron chi connectivity index (χ3n) is 4.16. The minimum atomic E-state index is -0.202. The number of fused-ring (bicyclic) bond motifs is 1. The minimum absolute atomic E-state index is 0.0287. The first-order valence-electron chi connectivity index (χ1n) is 8.57. The number of hydrogen-bond donors (Lipinski definition) is 1. The Labute approximate surface area is 152 Å². The molecular formula is C20H22N4O2. The molecule has 6 heteroatoms. The van der Waals surface area contributed by atoms with E-state index in [1.807, 2.05) is 31.3 Å². The molecule has 0 aliphatic rings. The molecule has 1 heterocycles. The Bertz CT molecular complexity index is 937. The molecule has 1 N–H and O–H groups in total. The van der Waals surface area contributed by atoms with Crippen molar-refractivity contribution < 1.29 is 4.79 Å². The molecule has 0 bridgehead atoms. The molecule has 0 saturated carbocycles. The Morgan fingerprint density at radius 3 is 2.65 bits per heavy atom. The molecule has 0 aliphatic heterocycles. The second kappa shape index (κ2) is 8.40. The van der Waals surface area contributed by atoms with Gasteiger partial charge in [0.25, 0.3) is 5.56 Å². The largest absolute Gasteiger partial charge is 0.353 e. The van der Waals surface area contributed by atoms with Crippen molar-refractivity contribution in [1.82, 2.24) is 19.8 Å². The number of nitrogens with one attached hydrogen (secondary N) is 1. The van der Waals surface area contributed by atoms with Crippen LogP contribution in [0.2, 0.25) is 0 Å². The fourth-order valence-corrected chi connectivity index (χ4v) is 2.79. The molecule has 3 aromatic rings. The zero-order chi connectivity index (χ0) is 18.4. The first-order chi connectivity index (χ1) is 12.6. The third-order valence-corrected chi connectivity index (χ3v) is 4.16. The van der Waals surface area contributed by atoms with Gasteiger partial charge in [-0.15, -0.1) is 0 Å². The van der Waals surface area contributed by atoms with Crippen LogP contribution in [0.25, 0.3) is 10.9 Å². The molecule has 0 radical (unpaired) electrons. The van der Waals surface area contributed by atoms with Gasteiger partial charge in [-0.05, 0) is 24.7 Å². The van der Waals surface area contributed by atoms with Crippen LogP contribution in [-0.4, -0.2) is 40.5 Å². The highest BCUT2D eigenvalue weighted by Crippen LogP contribution is 2.04. The SMILES string of the molecule is CN(CCNC(=O)Cn1cnc2ccccc2c1=O)Cc1ccccc1. The fraction of sp³-hybridized carbons (Fsp3) is 0.250. The number of carbonyl (C=O) groups is 1. The molecular weight excluding hydrogens is 328 g/mol. The smallest absolute Gasteiger partial charge is 0.261 e. The number of carbonyl (C=O) groups excluding carboxylic acids is 1. The van der Waals surface area contributed by atoms with Crippen LogP contribution in [0.3, 0.4) is 0 Å². The summed E-state index contributed by atoms with van der Waals surface area (Å²) < 4.78 is 1.34. The van der Waals surface area contributed by atoms with E-state index in [2.05, 4.69) is 27.3 Å². The van der Waals surface area contributed by atoms with Crippen molar-refractivity contribution >= 4 is 16.8 Å². The summed E-state index contributed by atoms with van der Waals surface area (Å²) in [5.74, 6) is -0.197. The lowest BCUT2D eigenvalue weighted by Crippen LogP contribution is -2.36. The van der Waals surface area contributed by atoms with Gasteiger partial charge in [-0.3, -0.25) is 14.2 Å². The summed E-state index contributed by atoms with van der Waals surface area (Å²) in [5, 5.41) is 3.37. The van der Waals surface area contributed by atoms with E-state index in [-0.39, 0.29) is 18.0 Å². The number of rotatable bonds is 7. The van der Waals surface area contributed by atoms with Crippen LogP contribution in [0.15, 0.2) is 65.7 Å². The molecule has 0 unspecified atom stereocenters. The highest BCUT2D eigenvalue weighted by Gasteiger charge is 2.08. The van der Waals surface area contributed by atoms with Gasteiger partial charge in [0.15, 0.2) is 0 Å². The predicted octanol–water partition coefficient (Wildman–Crippen LogP) is 1.64. The Hall–Kier alpha value is -2.99. The monoisotopic (exact) mass is 350 g/mol. The molecule has 0 atom stereocenters. The van der Waals surface area contributed by atoms with Gasteiger partial charge in [0.2, 0.25) is 5.91 Å². The molecule has 134 valence electrons. The number of para-hydroxylation sites is 1. The maximum atomic E-state index is 12.4. The lowest BCUT2D eigenvalue weighted by molar-refractivity contribution is -0.121. The average Bonchev–Trinajstić information content (AvgIpc) is 2.65. The van der Waals surface area contributed by atoms with Crippen LogP contribution < -0.4 is 10.9 Å². The maximum Gasteiger partial charge on any atom is 0.261 e. The number of likely N-dealkylation sites (N-methyl/N-ethyl adjacent to an activating group) is 1. The van der Waals surface area contributed by atoms with E-state index in [9.17, 15) is 9.59 Å². The zero-order valence-corrected chi connectivity index (χ0v) is 14.8. The molecule has 0 spiro atoms. The number of nitrogens with zero attached hydrogens (tertiary/aromatic N) is 3. The van der Waals surface area contributed by atoms with Gasteiger partial charge in [0, 0.05) is 19.6 Å². The van der Waals surface area contributed by atoms with Crippen molar-refractivity contribution in [2.75, 3.05) is 20.1 Å². The molecule has 3 rings (SSSR count). The van der Waals surface area contributed by atoms with Gasteiger partial charge in [0.1, 0.15) is 6.54 Å². The first-order valence-corrected chi connectivity index (χ1v) is 8.57. The molecule has 1 aromatic heterocycles. The highest BCUT2D eigenvalue weighted by atomic mass is 16.2. The van der Waals surface area contributed by atoms with Crippen LogP contribution >= 0.6 is 0 Å². The molecule has 0 saturated heterocycles. The van der Waals surface area contributed by atoms with Crippen molar-refractivity contribution in [3.63, 3.8) is 0 Å². The third kappa shape index (κ3) is 4.55. The van der Waals surface area contributed by atoms with Crippen LogP contribution in [0.1, 0.15) is 5.56 Å². The average molecular weight is 350 g/mol. The van der Waals surface area contributed by atoms with Gasteiger partial charge in [-0.25, -0.2) is 4.98 Å². The Morgan fingerprint density at radius 1 is 1.12 bits per heavy atom. The molecule has 6 nitrogen and oxygen atoms in total. The van der Waals surface area contributed by atoms with Gasteiger partial charge >= 0.3 is 0 Å². The number of aromatic nitrogens is 2. The summed E-state index contributed by atoms with van der Waals surface area (Å²) in [7, 11) is 2.01. The second-order valence-corrected chi connectivity index (χ2v) is 6.27. The van der Waals surface area contributed by atoms with E-state index in [1.165, 1.54) is 16.5 Å². The summed E-state index contributed by atoms with van der Waals surface area (Å²) in [5.41, 5.74) is 1.67.